The number of carbonyl (C=O) groups excluding carboxylic acids is 1. The molecule has 1 saturated heterocycles. The SMILES string of the molecule is O=C(NCCn1ccnc1)NCC1(CN2CCOCC2)CCCCC1. The molecule has 0 aromatic carbocycles. The molecule has 7 nitrogen and oxygen atoms in total. The Labute approximate surface area is 150 Å². The molecule has 2 amide bonds. The molecule has 0 atom stereocenters. The van der Waals surface area contributed by atoms with Crippen molar-refractivity contribution in [1.29, 1.82) is 0 Å². The summed E-state index contributed by atoms with van der Waals surface area (Å²) in [5.41, 5.74) is 0.220. The number of amides is 2. The lowest BCUT2D eigenvalue weighted by molar-refractivity contribution is 0.00783. The number of hydrogen-bond acceptors (Lipinski definition) is 4. The Bertz CT molecular complexity index is 508. The molecule has 2 heterocycles. The van der Waals surface area contributed by atoms with Gasteiger partial charge < -0.3 is 19.9 Å². The van der Waals surface area contributed by atoms with E-state index in [1.54, 1.807) is 12.5 Å². The highest BCUT2D eigenvalue weighted by molar-refractivity contribution is 5.73. The second kappa shape index (κ2) is 9.20. The number of ether oxygens (including phenoxy) is 1. The average Bonchev–Trinajstić information content (AvgIpc) is 3.15. The Morgan fingerprint density at radius 1 is 1.16 bits per heavy atom. The first-order valence-corrected chi connectivity index (χ1v) is 9.53. The lowest BCUT2D eigenvalue weighted by atomic mass is 9.73. The molecule has 2 fully saturated rings. The van der Waals surface area contributed by atoms with Gasteiger partial charge in [-0.1, -0.05) is 19.3 Å². The first kappa shape index (κ1) is 18.2. The maximum atomic E-state index is 12.2. The molecule has 25 heavy (non-hydrogen) atoms. The van der Waals surface area contributed by atoms with Gasteiger partial charge in [0.25, 0.3) is 0 Å². The number of aromatic nitrogens is 2. The number of morpholine rings is 1. The number of rotatable bonds is 7. The van der Waals surface area contributed by atoms with Gasteiger partial charge in [0.1, 0.15) is 0 Å². The van der Waals surface area contributed by atoms with E-state index in [1.165, 1.54) is 32.1 Å². The molecular formula is C18H31N5O2. The van der Waals surface area contributed by atoms with Crippen molar-refractivity contribution in [3.8, 4) is 0 Å². The summed E-state index contributed by atoms with van der Waals surface area (Å²) >= 11 is 0. The van der Waals surface area contributed by atoms with Crippen LogP contribution >= 0.6 is 0 Å². The zero-order valence-corrected chi connectivity index (χ0v) is 15.1. The van der Waals surface area contributed by atoms with E-state index < -0.39 is 0 Å². The van der Waals surface area contributed by atoms with Crippen molar-refractivity contribution < 1.29 is 9.53 Å². The molecule has 1 aromatic heterocycles. The maximum Gasteiger partial charge on any atom is 0.314 e. The molecule has 0 radical (unpaired) electrons. The molecule has 1 saturated carbocycles. The average molecular weight is 349 g/mol. The van der Waals surface area contributed by atoms with Gasteiger partial charge in [-0.2, -0.15) is 0 Å². The normalized spacial score (nSPS) is 21.0. The van der Waals surface area contributed by atoms with Crippen LogP contribution in [0.25, 0.3) is 0 Å². The monoisotopic (exact) mass is 349 g/mol. The van der Waals surface area contributed by atoms with Crippen molar-refractivity contribution in [1.82, 2.24) is 25.1 Å². The fraction of sp³-hybridized carbons (Fsp3) is 0.778. The molecule has 1 aliphatic heterocycles. The molecule has 1 aromatic rings. The van der Waals surface area contributed by atoms with Gasteiger partial charge in [-0.25, -0.2) is 9.78 Å². The number of urea groups is 1. The lowest BCUT2D eigenvalue weighted by Gasteiger charge is -2.42. The van der Waals surface area contributed by atoms with Crippen LogP contribution in [-0.2, 0) is 11.3 Å². The van der Waals surface area contributed by atoms with E-state index in [-0.39, 0.29) is 11.4 Å². The second-order valence-corrected chi connectivity index (χ2v) is 7.36. The van der Waals surface area contributed by atoms with Gasteiger partial charge in [0.05, 0.1) is 19.5 Å². The Kier molecular flexibility index (Phi) is 6.69. The van der Waals surface area contributed by atoms with Crippen molar-refractivity contribution in [3.05, 3.63) is 18.7 Å². The summed E-state index contributed by atoms with van der Waals surface area (Å²) < 4.78 is 7.43. The molecule has 7 heteroatoms. The van der Waals surface area contributed by atoms with Gasteiger partial charge in [0, 0.05) is 57.1 Å². The summed E-state index contributed by atoms with van der Waals surface area (Å²) in [6.45, 7) is 6.88. The van der Waals surface area contributed by atoms with Gasteiger partial charge >= 0.3 is 6.03 Å². The molecule has 3 rings (SSSR count). The Balaban J connectivity index is 1.43. The first-order valence-electron chi connectivity index (χ1n) is 9.53. The molecular weight excluding hydrogens is 318 g/mol. The van der Waals surface area contributed by atoms with Gasteiger partial charge in [-0.15, -0.1) is 0 Å². The minimum atomic E-state index is -0.0629. The van der Waals surface area contributed by atoms with Crippen molar-refractivity contribution >= 4 is 6.03 Å². The summed E-state index contributed by atoms with van der Waals surface area (Å²) in [5, 5.41) is 6.08. The Morgan fingerprint density at radius 3 is 2.68 bits per heavy atom. The van der Waals surface area contributed by atoms with Crippen molar-refractivity contribution in [2.24, 2.45) is 5.41 Å². The quantitative estimate of drug-likeness (QED) is 0.782. The van der Waals surface area contributed by atoms with Crippen molar-refractivity contribution in [2.45, 2.75) is 38.6 Å². The molecule has 1 aliphatic carbocycles. The van der Waals surface area contributed by atoms with E-state index in [1.807, 2.05) is 10.8 Å². The minimum absolute atomic E-state index is 0.0629. The second-order valence-electron chi connectivity index (χ2n) is 7.36. The van der Waals surface area contributed by atoms with Crippen molar-refractivity contribution in [2.75, 3.05) is 45.9 Å². The lowest BCUT2D eigenvalue weighted by Crippen LogP contribution is -2.50. The Morgan fingerprint density at radius 2 is 1.96 bits per heavy atom. The van der Waals surface area contributed by atoms with Crippen LogP contribution in [0.5, 0.6) is 0 Å². The van der Waals surface area contributed by atoms with E-state index in [9.17, 15) is 4.79 Å². The highest BCUT2D eigenvalue weighted by atomic mass is 16.5. The summed E-state index contributed by atoms with van der Waals surface area (Å²) in [5.74, 6) is 0. The summed E-state index contributed by atoms with van der Waals surface area (Å²) in [4.78, 5) is 18.7. The minimum Gasteiger partial charge on any atom is -0.379 e. The first-order chi connectivity index (χ1) is 12.3. The number of imidazole rings is 1. The predicted molar refractivity (Wildman–Crippen MR) is 96.4 cm³/mol. The molecule has 140 valence electrons. The molecule has 2 aliphatic rings. The van der Waals surface area contributed by atoms with Gasteiger partial charge in [-0.3, -0.25) is 4.90 Å². The van der Waals surface area contributed by atoms with E-state index >= 15 is 0 Å². The third-order valence-corrected chi connectivity index (χ3v) is 5.42. The largest absolute Gasteiger partial charge is 0.379 e. The molecule has 2 N–H and O–H groups in total. The van der Waals surface area contributed by atoms with E-state index in [0.717, 1.165) is 45.9 Å². The summed E-state index contributed by atoms with van der Waals surface area (Å²) in [6, 6.07) is -0.0629. The van der Waals surface area contributed by atoms with Crippen LogP contribution in [0.15, 0.2) is 18.7 Å². The predicted octanol–water partition coefficient (Wildman–Crippen LogP) is 1.46. The van der Waals surface area contributed by atoms with Crippen LogP contribution in [0.4, 0.5) is 4.79 Å². The highest BCUT2D eigenvalue weighted by Crippen LogP contribution is 2.36. The van der Waals surface area contributed by atoms with Crippen LogP contribution in [-0.4, -0.2) is 66.4 Å². The fourth-order valence-electron chi connectivity index (χ4n) is 3.97. The molecule has 0 unspecified atom stereocenters. The number of nitrogens with zero attached hydrogens (tertiary/aromatic N) is 3. The molecule has 0 spiro atoms. The van der Waals surface area contributed by atoms with Crippen LogP contribution in [0.1, 0.15) is 32.1 Å². The van der Waals surface area contributed by atoms with Crippen LogP contribution in [0, 0.1) is 5.41 Å². The van der Waals surface area contributed by atoms with Gasteiger partial charge in [-0.05, 0) is 12.8 Å². The third kappa shape index (κ3) is 5.71. The van der Waals surface area contributed by atoms with Crippen LogP contribution in [0.2, 0.25) is 0 Å². The van der Waals surface area contributed by atoms with Gasteiger partial charge in [0.15, 0.2) is 0 Å². The zero-order valence-electron chi connectivity index (χ0n) is 15.1. The highest BCUT2D eigenvalue weighted by Gasteiger charge is 2.34. The topological polar surface area (TPSA) is 71.4 Å². The van der Waals surface area contributed by atoms with E-state index in [2.05, 4.69) is 20.5 Å². The standard InChI is InChI=1S/C18H31N5O2/c24-17(20-7-9-23-8-6-19-16-23)21-14-18(4-2-1-3-5-18)15-22-10-12-25-13-11-22/h6,8,16H,1-5,7,9-15H2,(H2,20,21,24). The summed E-state index contributed by atoms with van der Waals surface area (Å²) in [6.07, 6.45) is 11.7. The van der Waals surface area contributed by atoms with Gasteiger partial charge in [0.2, 0.25) is 0 Å². The van der Waals surface area contributed by atoms with E-state index in [0.29, 0.717) is 6.54 Å². The smallest absolute Gasteiger partial charge is 0.314 e. The number of nitrogens with one attached hydrogen (secondary N) is 2. The third-order valence-electron chi connectivity index (χ3n) is 5.42. The Hall–Kier alpha value is -1.60. The van der Waals surface area contributed by atoms with E-state index in [4.69, 9.17) is 4.74 Å². The number of carbonyl (C=O) groups is 1. The molecule has 0 bridgehead atoms. The van der Waals surface area contributed by atoms with Crippen LogP contribution in [0.3, 0.4) is 0 Å². The number of hydrogen-bond donors (Lipinski definition) is 2. The maximum absolute atomic E-state index is 12.2. The fourth-order valence-corrected chi connectivity index (χ4v) is 3.97. The summed E-state index contributed by atoms with van der Waals surface area (Å²) in [7, 11) is 0. The van der Waals surface area contributed by atoms with Crippen LogP contribution < -0.4 is 10.6 Å². The zero-order chi connectivity index (χ0) is 17.4. The van der Waals surface area contributed by atoms with Crippen molar-refractivity contribution in [3.63, 3.8) is 0 Å².